The number of pyridine rings is 1. The quantitative estimate of drug-likeness (QED) is 0.505. The SMILES string of the molecule is CCCC(=O)OCCc1nccc(N2C[C@@H](C)N(C(=O)c3cc4cnccc4o3)[C@@H](C)C2)n1. The van der Waals surface area contributed by atoms with E-state index >= 15 is 0 Å². The number of esters is 1. The van der Waals surface area contributed by atoms with Gasteiger partial charge in [-0.25, -0.2) is 9.97 Å². The van der Waals surface area contributed by atoms with E-state index in [4.69, 9.17) is 9.15 Å². The Kier molecular flexibility index (Phi) is 6.86. The summed E-state index contributed by atoms with van der Waals surface area (Å²) in [5, 5.41) is 0.814. The number of piperazine rings is 1. The molecule has 3 aromatic heterocycles. The van der Waals surface area contributed by atoms with Crippen LogP contribution in [0.4, 0.5) is 5.82 Å². The number of hydrogen-bond donors (Lipinski definition) is 0. The number of carbonyl (C=O) groups excluding carboxylic acids is 2. The van der Waals surface area contributed by atoms with Crippen molar-refractivity contribution in [3.05, 3.63) is 48.4 Å². The van der Waals surface area contributed by atoms with Gasteiger partial charge >= 0.3 is 5.97 Å². The molecule has 2 atom stereocenters. The maximum Gasteiger partial charge on any atom is 0.305 e. The van der Waals surface area contributed by atoms with Crippen LogP contribution in [0.15, 0.2) is 41.2 Å². The summed E-state index contributed by atoms with van der Waals surface area (Å²) in [6.45, 7) is 7.54. The summed E-state index contributed by atoms with van der Waals surface area (Å²) in [6, 6.07) is 5.30. The van der Waals surface area contributed by atoms with Gasteiger partial charge in [-0.2, -0.15) is 0 Å². The third-order valence-electron chi connectivity index (χ3n) is 5.74. The van der Waals surface area contributed by atoms with Crippen molar-refractivity contribution in [3.63, 3.8) is 0 Å². The zero-order valence-corrected chi connectivity index (χ0v) is 19.2. The molecule has 3 aromatic rings. The van der Waals surface area contributed by atoms with Crippen molar-refractivity contribution in [2.75, 3.05) is 24.6 Å². The minimum absolute atomic E-state index is 0.0407. The molecule has 0 saturated carbocycles. The monoisotopic (exact) mass is 451 g/mol. The van der Waals surface area contributed by atoms with E-state index in [1.165, 1.54) is 0 Å². The predicted octanol–water partition coefficient (Wildman–Crippen LogP) is 3.24. The first-order valence-corrected chi connectivity index (χ1v) is 11.3. The van der Waals surface area contributed by atoms with Gasteiger partial charge in [0.25, 0.3) is 5.91 Å². The largest absolute Gasteiger partial charge is 0.465 e. The fraction of sp³-hybridized carbons (Fsp3) is 0.458. The maximum atomic E-state index is 13.2. The van der Waals surface area contributed by atoms with Gasteiger partial charge in [-0.15, -0.1) is 0 Å². The highest BCUT2D eigenvalue weighted by atomic mass is 16.5. The van der Waals surface area contributed by atoms with Gasteiger partial charge in [-0.1, -0.05) is 6.92 Å². The molecular weight excluding hydrogens is 422 g/mol. The Labute approximate surface area is 192 Å². The van der Waals surface area contributed by atoms with Crippen LogP contribution in [0.25, 0.3) is 11.0 Å². The van der Waals surface area contributed by atoms with E-state index in [0.29, 0.717) is 43.1 Å². The number of furan rings is 1. The molecule has 33 heavy (non-hydrogen) atoms. The third kappa shape index (κ3) is 5.13. The lowest BCUT2D eigenvalue weighted by molar-refractivity contribution is -0.143. The number of carbonyl (C=O) groups is 2. The standard InChI is InChI=1S/C24H29N5O4/c1-4-5-23(30)32-11-8-21-26-10-7-22(27-21)28-14-16(2)29(17(3)15-28)24(31)20-12-18-13-25-9-6-19(18)33-20/h6-7,9-10,12-13,16-17H,4-5,8,11,14-15H2,1-3H3/t16-,17+. The average Bonchev–Trinajstić information content (AvgIpc) is 3.23. The van der Waals surface area contributed by atoms with Crippen molar-refractivity contribution in [2.45, 2.75) is 52.1 Å². The summed E-state index contributed by atoms with van der Waals surface area (Å²) in [5.74, 6) is 1.44. The molecule has 0 spiro atoms. The summed E-state index contributed by atoms with van der Waals surface area (Å²) >= 11 is 0. The highest BCUT2D eigenvalue weighted by Crippen LogP contribution is 2.25. The third-order valence-corrected chi connectivity index (χ3v) is 5.74. The predicted molar refractivity (Wildman–Crippen MR) is 123 cm³/mol. The molecule has 1 saturated heterocycles. The number of hydrogen-bond acceptors (Lipinski definition) is 8. The van der Waals surface area contributed by atoms with Crippen LogP contribution in [0.1, 0.15) is 50.0 Å². The molecule has 0 radical (unpaired) electrons. The van der Waals surface area contributed by atoms with Crippen LogP contribution in [0.5, 0.6) is 0 Å². The first kappa shape index (κ1) is 22.7. The van der Waals surface area contributed by atoms with Gasteiger partial charge in [-0.3, -0.25) is 14.6 Å². The van der Waals surface area contributed by atoms with Crippen LogP contribution in [-0.2, 0) is 16.0 Å². The number of anilines is 1. The van der Waals surface area contributed by atoms with Crippen molar-refractivity contribution in [2.24, 2.45) is 0 Å². The van der Waals surface area contributed by atoms with Gasteiger partial charge in [0, 0.05) is 62.0 Å². The summed E-state index contributed by atoms with van der Waals surface area (Å²) in [5.41, 5.74) is 0.654. The second-order valence-corrected chi connectivity index (χ2v) is 8.39. The van der Waals surface area contributed by atoms with Crippen molar-refractivity contribution < 1.29 is 18.7 Å². The normalized spacial score (nSPS) is 18.5. The topological polar surface area (TPSA) is 102 Å². The Bertz CT molecular complexity index is 1090. The summed E-state index contributed by atoms with van der Waals surface area (Å²) < 4.78 is 11.0. The Morgan fingerprint density at radius 1 is 1.18 bits per heavy atom. The van der Waals surface area contributed by atoms with Gasteiger partial charge in [0.15, 0.2) is 5.76 Å². The number of fused-ring (bicyclic) bond motifs is 1. The van der Waals surface area contributed by atoms with Crippen LogP contribution in [0.2, 0.25) is 0 Å². The number of rotatable bonds is 7. The molecule has 9 heteroatoms. The molecule has 174 valence electrons. The van der Waals surface area contributed by atoms with Crippen LogP contribution in [0, 0.1) is 0 Å². The second-order valence-electron chi connectivity index (χ2n) is 8.39. The molecule has 1 aliphatic heterocycles. The highest BCUT2D eigenvalue weighted by molar-refractivity contribution is 5.96. The van der Waals surface area contributed by atoms with Crippen LogP contribution < -0.4 is 4.90 Å². The lowest BCUT2D eigenvalue weighted by Crippen LogP contribution is -2.59. The fourth-order valence-electron chi connectivity index (χ4n) is 4.24. The zero-order valence-electron chi connectivity index (χ0n) is 19.2. The van der Waals surface area contributed by atoms with Gasteiger partial charge < -0.3 is 19.0 Å². The van der Waals surface area contributed by atoms with E-state index in [1.807, 2.05) is 31.7 Å². The van der Waals surface area contributed by atoms with E-state index in [2.05, 4.69) is 19.9 Å². The van der Waals surface area contributed by atoms with E-state index in [0.717, 1.165) is 17.6 Å². The highest BCUT2D eigenvalue weighted by Gasteiger charge is 2.35. The molecule has 0 unspecified atom stereocenters. The molecule has 4 rings (SSSR count). The molecule has 0 aromatic carbocycles. The summed E-state index contributed by atoms with van der Waals surface area (Å²) in [4.78, 5) is 41.9. The van der Waals surface area contributed by atoms with Crippen molar-refractivity contribution in [1.82, 2.24) is 19.9 Å². The Hall–Kier alpha value is -3.49. The van der Waals surface area contributed by atoms with Crippen LogP contribution in [-0.4, -0.2) is 63.5 Å². The van der Waals surface area contributed by atoms with E-state index in [-0.39, 0.29) is 30.6 Å². The number of amides is 1. The minimum atomic E-state index is -0.196. The lowest BCUT2D eigenvalue weighted by atomic mass is 10.1. The fourth-order valence-corrected chi connectivity index (χ4v) is 4.24. The van der Waals surface area contributed by atoms with Gasteiger partial charge in [0.2, 0.25) is 0 Å². The molecule has 4 heterocycles. The number of nitrogens with zero attached hydrogens (tertiary/aromatic N) is 5. The van der Waals surface area contributed by atoms with Crippen LogP contribution >= 0.6 is 0 Å². The lowest BCUT2D eigenvalue weighted by Gasteiger charge is -2.44. The molecule has 9 nitrogen and oxygen atoms in total. The molecule has 1 fully saturated rings. The van der Waals surface area contributed by atoms with Crippen molar-refractivity contribution >= 4 is 28.7 Å². The Morgan fingerprint density at radius 3 is 2.70 bits per heavy atom. The van der Waals surface area contributed by atoms with Gasteiger partial charge in [-0.05, 0) is 38.5 Å². The number of aromatic nitrogens is 3. The second kappa shape index (κ2) is 9.97. The van der Waals surface area contributed by atoms with Crippen LogP contribution in [0.3, 0.4) is 0 Å². The first-order chi connectivity index (χ1) is 16.0. The van der Waals surface area contributed by atoms with E-state index < -0.39 is 0 Å². The number of ether oxygens (including phenoxy) is 1. The Morgan fingerprint density at radius 2 is 1.97 bits per heavy atom. The zero-order chi connectivity index (χ0) is 23.4. The van der Waals surface area contributed by atoms with Gasteiger partial charge in [0.05, 0.1) is 6.61 Å². The summed E-state index contributed by atoms with van der Waals surface area (Å²) in [6.07, 6.45) is 6.72. The molecule has 1 aliphatic rings. The Balaban J connectivity index is 1.41. The van der Waals surface area contributed by atoms with E-state index in [1.54, 1.807) is 30.7 Å². The molecule has 0 N–H and O–H groups in total. The smallest absolute Gasteiger partial charge is 0.305 e. The molecular formula is C24H29N5O4. The molecule has 0 bridgehead atoms. The molecule has 1 amide bonds. The summed E-state index contributed by atoms with van der Waals surface area (Å²) in [7, 11) is 0. The minimum Gasteiger partial charge on any atom is -0.465 e. The van der Waals surface area contributed by atoms with Crippen molar-refractivity contribution in [1.29, 1.82) is 0 Å². The van der Waals surface area contributed by atoms with Crippen molar-refractivity contribution in [3.8, 4) is 0 Å². The maximum absolute atomic E-state index is 13.2. The molecule has 0 aliphatic carbocycles. The van der Waals surface area contributed by atoms with Gasteiger partial charge in [0.1, 0.15) is 17.2 Å². The average molecular weight is 452 g/mol. The van der Waals surface area contributed by atoms with E-state index in [9.17, 15) is 9.59 Å². The first-order valence-electron chi connectivity index (χ1n) is 11.3.